The molecule has 5 nitrogen and oxygen atoms in total. The smallest absolute Gasteiger partial charge is 0.235 e. The van der Waals surface area contributed by atoms with E-state index in [1.54, 1.807) is 13.8 Å². The number of nitrogens with one attached hydrogen (secondary N) is 1. The van der Waals surface area contributed by atoms with Crippen molar-refractivity contribution in [3.63, 3.8) is 0 Å². The molecule has 2 fully saturated rings. The monoisotopic (exact) mass is 267 g/mol. The van der Waals surface area contributed by atoms with Gasteiger partial charge in [0.25, 0.3) is 0 Å². The van der Waals surface area contributed by atoms with Crippen molar-refractivity contribution in [2.24, 2.45) is 23.0 Å². The molecular formula is C14H25N3O2. The van der Waals surface area contributed by atoms with Gasteiger partial charge in [-0.25, -0.2) is 0 Å². The van der Waals surface area contributed by atoms with Crippen LogP contribution in [0.2, 0.25) is 0 Å². The zero-order valence-corrected chi connectivity index (χ0v) is 12.1. The van der Waals surface area contributed by atoms with E-state index in [4.69, 9.17) is 5.73 Å². The van der Waals surface area contributed by atoms with Gasteiger partial charge < -0.3 is 16.0 Å². The van der Waals surface area contributed by atoms with Crippen LogP contribution in [0.5, 0.6) is 0 Å². The fourth-order valence-corrected chi connectivity index (χ4v) is 3.26. The Morgan fingerprint density at radius 3 is 2.21 bits per heavy atom. The fraction of sp³-hybridized carbons (Fsp3) is 0.857. The quantitative estimate of drug-likeness (QED) is 0.721. The van der Waals surface area contributed by atoms with Crippen molar-refractivity contribution in [1.29, 1.82) is 0 Å². The molecule has 0 aromatic rings. The number of likely N-dealkylation sites (tertiary alicyclic amines) is 1. The zero-order valence-electron chi connectivity index (χ0n) is 12.1. The van der Waals surface area contributed by atoms with Crippen LogP contribution >= 0.6 is 0 Å². The third-order valence-corrected chi connectivity index (χ3v) is 4.84. The van der Waals surface area contributed by atoms with E-state index in [0.717, 1.165) is 19.6 Å². The van der Waals surface area contributed by atoms with E-state index in [1.807, 2.05) is 0 Å². The maximum absolute atomic E-state index is 12.2. The lowest BCUT2D eigenvalue weighted by molar-refractivity contribution is -0.140. The molecule has 3 N–H and O–H groups in total. The van der Waals surface area contributed by atoms with Crippen LogP contribution in [0.25, 0.3) is 0 Å². The maximum Gasteiger partial charge on any atom is 0.235 e. The summed E-state index contributed by atoms with van der Waals surface area (Å²) in [6.07, 6.45) is 2.34. The minimum absolute atomic E-state index is 0.217. The molecule has 1 aliphatic heterocycles. The van der Waals surface area contributed by atoms with Crippen LogP contribution in [-0.2, 0) is 9.59 Å². The van der Waals surface area contributed by atoms with Crippen LogP contribution < -0.4 is 11.1 Å². The maximum atomic E-state index is 12.2. The van der Waals surface area contributed by atoms with Crippen molar-refractivity contribution in [3.8, 4) is 0 Å². The summed E-state index contributed by atoms with van der Waals surface area (Å²) >= 11 is 0. The Hall–Kier alpha value is -1.10. The standard InChI is InChI=1S/C14H25N3O2/c1-4-17-7-9-5-6-10(8-17)11(9)16-13(19)14(2,3)12(15)18/h9-11H,4-8H2,1-3H3,(H2,15,18)(H,16,19)/t9-,10+,11?. The molecular weight excluding hydrogens is 242 g/mol. The van der Waals surface area contributed by atoms with Gasteiger partial charge in [-0.2, -0.15) is 0 Å². The summed E-state index contributed by atoms with van der Waals surface area (Å²) < 4.78 is 0. The molecule has 3 atom stereocenters. The lowest BCUT2D eigenvalue weighted by atomic mass is 9.87. The summed E-state index contributed by atoms with van der Waals surface area (Å²) in [5, 5.41) is 3.08. The molecule has 2 amide bonds. The highest BCUT2D eigenvalue weighted by atomic mass is 16.2. The highest BCUT2D eigenvalue weighted by Crippen LogP contribution is 2.37. The van der Waals surface area contributed by atoms with Crippen molar-refractivity contribution < 1.29 is 9.59 Å². The summed E-state index contributed by atoms with van der Waals surface area (Å²) in [5.74, 6) is 0.243. The first-order valence-corrected chi connectivity index (χ1v) is 7.19. The molecule has 1 heterocycles. The van der Waals surface area contributed by atoms with Gasteiger partial charge in [0.05, 0.1) is 0 Å². The average molecular weight is 267 g/mol. The van der Waals surface area contributed by atoms with Crippen LogP contribution in [0.15, 0.2) is 0 Å². The van der Waals surface area contributed by atoms with E-state index in [0.29, 0.717) is 11.8 Å². The molecule has 2 rings (SSSR count). The van der Waals surface area contributed by atoms with Gasteiger partial charge in [0.15, 0.2) is 0 Å². The molecule has 108 valence electrons. The third kappa shape index (κ3) is 2.61. The van der Waals surface area contributed by atoms with Crippen molar-refractivity contribution in [2.75, 3.05) is 19.6 Å². The molecule has 1 saturated carbocycles. The summed E-state index contributed by atoms with van der Waals surface area (Å²) in [6.45, 7) is 8.53. The predicted octanol–water partition coefficient (Wildman–Crippen LogP) is 0.344. The van der Waals surface area contributed by atoms with Gasteiger partial charge in [-0.3, -0.25) is 9.59 Å². The topological polar surface area (TPSA) is 75.4 Å². The lowest BCUT2D eigenvalue weighted by Gasteiger charge is -2.38. The number of amides is 2. The number of rotatable bonds is 4. The number of fused-ring (bicyclic) bond motifs is 2. The normalized spacial score (nSPS) is 31.2. The summed E-state index contributed by atoms with van der Waals surface area (Å²) in [7, 11) is 0. The highest BCUT2D eigenvalue weighted by Gasteiger charge is 2.44. The zero-order chi connectivity index (χ0) is 14.2. The van der Waals surface area contributed by atoms with Crippen LogP contribution in [-0.4, -0.2) is 42.4 Å². The largest absolute Gasteiger partial charge is 0.369 e. The fourth-order valence-electron chi connectivity index (χ4n) is 3.26. The van der Waals surface area contributed by atoms with Gasteiger partial charge in [0.1, 0.15) is 5.41 Å². The second kappa shape index (κ2) is 5.12. The molecule has 1 aliphatic carbocycles. The molecule has 1 saturated heterocycles. The number of hydrogen-bond acceptors (Lipinski definition) is 3. The highest BCUT2D eigenvalue weighted by molar-refractivity contribution is 6.03. The van der Waals surface area contributed by atoms with Crippen LogP contribution in [0.1, 0.15) is 33.6 Å². The number of carbonyl (C=O) groups excluding carboxylic acids is 2. The van der Waals surface area contributed by atoms with Gasteiger partial charge in [-0.05, 0) is 45.1 Å². The Balaban J connectivity index is 2.01. The van der Waals surface area contributed by atoms with Gasteiger partial charge in [0, 0.05) is 19.1 Å². The van der Waals surface area contributed by atoms with E-state index >= 15 is 0 Å². The molecule has 2 aliphatic rings. The molecule has 0 aromatic heterocycles. The summed E-state index contributed by atoms with van der Waals surface area (Å²) in [6, 6.07) is 0.217. The summed E-state index contributed by atoms with van der Waals surface area (Å²) in [4.78, 5) is 26.0. The average Bonchev–Trinajstić information content (AvgIpc) is 2.61. The Morgan fingerprint density at radius 2 is 1.79 bits per heavy atom. The van der Waals surface area contributed by atoms with Crippen molar-refractivity contribution in [2.45, 2.75) is 39.7 Å². The van der Waals surface area contributed by atoms with E-state index in [-0.39, 0.29) is 11.9 Å². The van der Waals surface area contributed by atoms with Crippen LogP contribution in [0.4, 0.5) is 0 Å². The minimum Gasteiger partial charge on any atom is -0.369 e. The third-order valence-electron chi connectivity index (χ3n) is 4.84. The number of carbonyl (C=O) groups is 2. The van der Waals surface area contributed by atoms with Crippen LogP contribution in [0.3, 0.4) is 0 Å². The van der Waals surface area contributed by atoms with Crippen molar-refractivity contribution >= 4 is 11.8 Å². The molecule has 0 radical (unpaired) electrons. The molecule has 5 heteroatoms. The van der Waals surface area contributed by atoms with Crippen molar-refractivity contribution in [3.05, 3.63) is 0 Å². The number of hydrogen-bond donors (Lipinski definition) is 2. The lowest BCUT2D eigenvalue weighted by Crippen LogP contribution is -2.56. The van der Waals surface area contributed by atoms with E-state index < -0.39 is 11.3 Å². The molecule has 1 unspecified atom stereocenters. The van der Waals surface area contributed by atoms with Gasteiger partial charge >= 0.3 is 0 Å². The summed E-state index contributed by atoms with van der Waals surface area (Å²) in [5.41, 5.74) is 4.17. The SMILES string of the molecule is CCN1C[C@H]2CC[C@@H](C1)C2NC(=O)C(C)(C)C(N)=O. The Bertz CT molecular complexity index is 367. The second-order valence-corrected chi connectivity index (χ2v) is 6.44. The first-order valence-electron chi connectivity index (χ1n) is 7.19. The first kappa shape index (κ1) is 14.3. The number of nitrogens with two attached hydrogens (primary N) is 1. The van der Waals surface area contributed by atoms with Gasteiger partial charge in [-0.15, -0.1) is 0 Å². The van der Waals surface area contributed by atoms with Crippen LogP contribution in [0, 0.1) is 17.3 Å². The van der Waals surface area contributed by atoms with E-state index in [1.165, 1.54) is 12.8 Å². The van der Waals surface area contributed by atoms with Gasteiger partial charge in [-0.1, -0.05) is 6.92 Å². The Morgan fingerprint density at radius 1 is 1.26 bits per heavy atom. The Labute approximate surface area is 114 Å². The number of nitrogens with zero attached hydrogens (tertiary/aromatic N) is 1. The molecule has 0 aromatic carbocycles. The molecule has 0 spiro atoms. The van der Waals surface area contributed by atoms with E-state index in [2.05, 4.69) is 17.1 Å². The number of primary amides is 1. The first-order chi connectivity index (χ1) is 8.86. The Kier molecular flexibility index (Phi) is 3.85. The van der Waals surface area contributed by atoms with Crippen molar-refractivity contribution in [1.82, 2.24) is 10.2 Å². The van der Waals surface area contributed by atoms with Gasteiger partial charge in [0.2, 0.25) is 11.8 Å². The number of piperidine rings is 1. The molecule has 2 bridgehead atoms. The minimum atomic E-state index is -1.12. The second-order valence-electron chi connectivity index (χ2n) is 6.44. The predicted molar refractivity (Wildman–Crippen MR) is 73.2 cm³/mol. The molecule has 19 heavy (non-hydrogen) atoms. The van der Waals surface area contributed by atoms with E-state index in [9.17, 15) is 9.59 Å².